The van der Waals surface area contributed by atoms with Gasteiger partial charge in [-0.1, -0.05) is 17.7 Å². The second-order valence-electron chi connectivity index (χ2n) is 3.02. The Morgan fingerprint density at radius 3 is 1.61 bits per heavy atom. The van der Waals surface area contributed by atoms with Gasteiger partial charge in [-0.15, -0.1) is 0 Å². The summed E-state index contributed by atoms with van der Waals surface area (Å²) in [5.74, 6) is -2.20. The van der Waals surface area contributed by atoms with E-state index in [0.29, 0.717) is 0 Å². The smallest absolute Gasteiger partial charge is 0.306 e. The molecule has 0 bridgehead atoms. The Morgan fingerprint density at radius 2 is 1.39 bits per heavy atom. The summed E-state index contributed by atoms with van der Waals surface area (Å²) in [5.41, 5.74) is 9.60. The molecule has 9 heteroatoms. The van der Waals surface area contributed by atoms with Crippen LogP contribution in [-0.4, -0.2) is 30.3 Å². The second-order valence-corrected chi connectivity index (χ2v) is 4.44. The van der Waals surface area contributed by atoms with E-state index >= 15 is 0 Å². The molecular weight excluding hydrogens is 264 g/mol. The van der Waals surface area contributed by atoms with Gasteiger partial charge in [0.2, 0.25) is 0 Å². The molecular formula is C9H14N2O6S. The minimum atomic E-state index is -4.02. The monoisotopic (exact) mass is 278 g/mol. The van der Waals surface area contributed by atoms with Gasteiger partial charge in [0.15, 0.2) is 0 Å². The minimum absolute atomic E-state index is 0. The molecule has 8 nitrogen and oxygen atoms in total. The molecule has 0 aromatic heterocycles. The Balaban J connectivity index is 0. The summed E-state index contributed by atoms with van der Waals surface area (Å²) in [7, 11) is -4.02. The molecule has 0 aliphatic rings. The topological polar surface area (TPSA) is 172 Å². The van der Waals surface area contributed by atoms with Crippen LogP contribution in [0.25, 0.3) is 0 Å². The highest BCUT2D eigenvalue weighted by Gasteiger charge is 2.06. The third kappa shape index (κ3) is 7.33. The molecule has 0 saturated heterocycles. The van der Waals surface area contributed by atoms with Gasteiger partial charge in [-0.25, -0.2) is 0 Å². The van der Waals surface area contributed by atoms with Crippen molar-refractivity contribution in [1.29, 1.82) is 0 Å². The van der Waals surface area contributed by atoms with Gasteiger partial charge in [0, 0.05) is 0 Å². The van der Waals surface area contributed by atoms with E-state index < -0.39 is 21.9 Å². The lowest BCUT2D eigenvalue weighted by atomic mass is 10.2. The van der Waals surface area contributed by atoms with Crippen LogP contribution in [0.4, 0.5) is 0 Å². The van der Waals surface area contributed by atoms with Crippen LogP contribution >= 0.6 is 0 Å². The SMILES string of the molecule is Cc1ccc(S(=O)(=O)O)cc1.NC(=O)C(N)=O.O. The van der Waals surface area contributed by atoms with Crippen molar-refractivity contribution in [2.45, 2.75) is 11.8 Å². The number of amides is 2. The quantitative estimate of drug-likeness (QED) is 0.412. The first-order chi connectivity index (χ1) is 7.64. The summed E-state index contributed by atoms with van der Waals surface area (Å²) in [6.45, 7) is 1.84. The predicted molar refractivity (Wildman–Crippen MR) is 63.0 cm³/mol. The van der Waals surface area contributed by atoms with Crippen LogP contribution in [0.15, 0.2) is 29.2 Å². The van der Waals surface area contributed by atoms with Crippen molar-refractivity contribution >= 4 is 21.9 Å². The zero-order valence-electron chi connectivity index (χ0n) is 9.45. The van der Waals surface area contributed by atoms with Crippen molar-refractivity contribution in [2.24, 2.45) is 11.5 Å². The highest BCUT2D eigenvalue weighted by molar-refractivity contribution is 7.85. The minimum Gasteiger partial charge on any atom is -0.412 e. The zero-order chi connectivity index (χ0) is 13.6. The van der Waals surface area contributed by atoms with E-state index in [2.05, 4.69) is 11.5 Å². The summed E-state index contributed by atoms with van der Waals surface area (Å²) in [4.78, 5) is 18.8. The Labute approximate surface area is 104 Å². The van der Waals surface area contributed by atoms with Crippen molar-refractivity contribution in [3.8, 4) is 0 Å². The van der Waals surface area contributed by atoms with Crippen LogP contribution in [0.5, 0.6) is 0 Å². The molecule has 0 saturated carbocycles. The van der Waals surface area contributed by atoms with E-state index in [1.807, 2.05) is 6.92 Å². The largest absolute Gasteiger partial charge is 0.412 e. The Bertz CT molecular complexity index is 496. The Hall–Kier alpha value is -1.97. The summed E-state index contributed by atoms with van der Waals surface area (Å²) >= 11 is 0. The number of aryl methyl sites for hydroxylation is 1. The lowest BCUT2D eigenvalue weighted by Crippen LogP contribution is -2.29. The third-order valence-corrected chi connectivity index (χ3v) is 2.43. The molecule has 0 unspecified atom stereocenters. The van der Waals surface area contributed by atoms with Gasteiger partial charge in [-0.05, 0) is 19.1 Å². The molecule has 0 fully saturated rings. The standard InChI is InChI=1S/C7H8O3S.C2H4N2O2.H2O/c1-6-2-4-7(5-3-6)11(8,9)10;3-1(5)2(4)6;/h2-5H,1H3,(H,8,9,10);(H2,3,5)(H2,4,6);1H2. The molecule has 0 heterocycles. The summed E-state index contributed by atoms with van der Waals surface area (Å²) in [6.07, 6.45) is 0. The first kappa shape index (κ1) is 18.4. The predicted octanol–water partition coefficient (Wildman–Crippen LogP) is -1.63. The van der Waals surface area contributed by atoms with Gasteiger partial charge in [0.25, 0.3) is 10.1 Å². The first-order valence-corrected chi connectivity index (χ1v) is 5.72. The summed E-state index contributed by atoms with van der Waals surface area (Å²) in [6, 6.07) is 5.99. The summed E-state index contributed by atoms with van der Waals surface area (Å²) in [5, 5.41) is 0. The van der Waals surface area contributed by atoms with E-state index in [1.165, 1.54) is 12.1 Å². The molecule has 0 spiro atoms. The van der Waals surface area contributed by atoms with E-state index in [0.717, 1.165) is 5.56 Å². The number of carbonyl (C=O) groups is 2. The molecule has 1 aromatic rings. The van der Waals surface area contributed by atoms with Crippen molar-refractivity contribution in [1.82, 2.24) is 0 Å². The van der Waals surface area contributed by atoms with Crippen molar-refractivity contribution < 1.29 is 28.0 Å². The maximum atomic E-state index is 10.5. The maximum Gasteiger partial charge on any atom is 0.306 e. The van der Waals surface area contributed by atoms with Crippen molar-refractivity contribution in [2.75, 3.05) is 0 Å². The van der Waals surface area contributed by atoms with Crippen LogP contribution in [0.3, 0.4) is 0 Å². The third-order valence-electron chi connectivity index (χ3n) is 1.56. The molecule has 1 aromatic carbocycles. The zero-order valence-corrected chi connectivity index (χ0v) is 10.3. The molecule has 0 radical (unpaired) electrons. The lowest BCUT2D eigenvalue weighted by molar-refractivity contribution is -0.135. The summed E-state index contributed by atoms with van der Waals surface area (Å²) < 4.78 is 29.6. The Kier molecular flexibility index (Phi) is 7.54. The van der Waals surface area contributed by atoms with Gasteiger partial charge in [-0.2, -0.15) is 8.42 Å². The fourth-order valence-corrected chi connectivity index (χ4v) is 1.19. The van der Waals surface area contributed by atoms with E-state index in [1.54, 1.807) is 12.1 Å². The average Bonchev–Trinajstić information content (AvgIpc) is 2.17. The molecule has 0 aliphatic carbocycles. The normalized spacial score (nSPS) is 9.44. The fourth-order valence-electron chi connectivity index (χ4n) is 0.710. The molecule has 0 atom stereocenters. The first-order valence-electron chi connectivity index (χ1n) is 4.28. The maximum absolute atomic E-state index is 10.5. The number of benzene rings is 1. The Morgan fingerprint density at radius 1 is 1.06 bits per heavy atom. The molecule has 1 rings (SSSR count). The van der Waals surface area contributed by atoms with Crippen LogP contribution in [0.1, 0.15) is 5.56 Å². The molecule has 102 valence electrons. The van der Waals surface area contributed by atoms with Gasteiger partial charge < -0.3 is 16.9 Å². The van der Waals surface area contributed by atoms with Crippen LogP contribution < -0.4 is 11.5 Å². The number of nitrogens with two attached hydrogens (primary N) is 2. The van der Waals surface area contributed by atoms with E-state index in [9.17, 15) is 18.0 Å². The number of carbonyl (C=O) groups excluding carboxylic acids is 2. The van der Waals surface area contributed by atoms with Crippen LogP contribution in [0, 0.1) is 6.92 Å². The van der Waals surface area contributed by atoms with Gasteiger partial charge in [0.05, 0.1) is 4.90 Å². The average molecular weight is 278 g/mol. The second kappa shape index (κ2) is 7.37. The number of hydrogen-bond donors (Lipinski definition) is 3. The van der Waals surface area contributed by atoms with Crippen LogP contribution in [0.2, 0.25) is 0 Å². The number of rotatable bonds is 1. The van der Waals surface area contributed by atoms with E-state index in [-0.39, 0.29) is 10.4 Å². The highest BCUT2D eigenvalue weighted by atomic mass is 32.2. The molecule has 18 heavy (non-hydrogen) atoms. The van der Waals surface area contributed by atoms with Crippen molar-refractivity contribution in [3.63, 3.8) is 0 Å². The fraction of sp³-hybridized carbons (Fsp3) is 0.111. The molecule has 7 N–H and O–H groups in total. The van der Waals surface area contributed by atoms with Crippen molar-refractivity contribution in [3.05, 3.63) is 29.8 Å². The van der Waals surface area contributed by atoms with Gasteiger partial charge in [0.1, 0.15) is 0 Å². The molecule has 0 aliphatic heterocycles. The molecule has 2 amide bonds. The van der Waals surface area contributed by atoms with Gasteiger partial charge in [-0.3, -0.25) is 14.1 Å². The van der Waals surface area contributed by atoms with Crippen LogP contribution in [-0.2, 0) is 19.7 Å². The number of primary amides is 2. The van der Waals surface area contributed by atoms with E-state index in [4.69, 9.17) is 4.55 Å². The van der Waals surface area contributed by atoms with Gasteiger partial charge >= 0.3 is 11.8 Å². The number of hydrogen-bond acceptors (Lipinski definition) is 4. The highest BCUT2D eigenvalue weighted by Crippen LogP contribution is 2.08. The lowest BCUT2D eigenvalue weighted by Gasteiger charge is -1.95.